The van der Waals surface area contributed by atoms with Gasteiger partial charge in [0.25, 0.3) is 0 Å². The maximum atomic E-state index is 12.3. The van der Waals surface area contributed by atoms with Crippen molar-refractivity contribution in [2.24, 2.45) is 0 Å². The number of nitrogens with one attached hydrogen (secondary N) is 1. The first-order valence-corrected chi connectivity index (χ1v) is 7.30. The SMILES string of the molecule is O=C(NCc1cccc(OC(F)F)c1)N1CCc2ccccc21. The van der Waals surface area contributed by atoms with Gasteiger partial charge in [0.15, 0.2) is 0 Å². The highest BCUT2D eigenvalue weighted by molar-refractivity contribution is 5.94. The monoisotopic (exact) mass is 318 g/mol. The second kappa shape index (κ2) is 6.64. The summed E-state index contributed by atoms with van der Waals surface area (Å²) in [7, 11) is 0. The third kappa shape index (κ3) is 3.59. The largest absolute Gasteiger partial charge is 0.435 e. The summed E-state index contributed by atoms with van der Waals surface area (Å²) in [6, 6.07) is 13.9. The fourth-order valence-corrected chi connectivity index (χ4v) is 2.65. The quantitative estimate of drug-likeness (QED) is 0.936. The summed E-state index contributed by atoms with van der Waals surface area (Å²) in [5.74, 6) is 0.0817. The molecule has 1 heterocycles. The highest BCUT2D eigenvalue weighted by Gasteiger charge is 2.23. The van der Waals surface area contributed by atoms with E-state index in [1.165, 1.54) is 12.1 Å². The maximum absolute atomic E-state index is 12.3. The Kier molecular flexibility index (Phi) is 4.41. The minimum Gasteiger partial charge on any atom is -0.435 e. The topological polar surface area (TPSA) is 41.6 Å². The molecule has 0 fully saturated rings. The Hall–Kier alpha value is -2.63. The number of para-hydroxylation sites is 1. The van der Waals surface area contributed by atoms with E-state index in [0.717, 1.165) is 17.7 Å². The number of benzene rings is 2. The number of halogens is 2. The zero-order chi connectivity index (χ0) is 16.2. The number of ether oxygens (including phenoxy) is 1. The molecule has 120 valence electrons. The van der Waals surface area contributed by atoms with Crippen LogP contribution in [0.5, 0.6) is 5.75 Å². The average Bonchev–Trinajstić information content (AvgIpc) is 2.96. The Morgan fingerprint density at radius 3 is 2.87 bits per heavy atom. The van der Waals surface area contributed by atoms with Crippen molar-refractivity contribution in [2.45, 2.75) is 19.6 Å². The van der Waals surface area contributed by atoms with E-state index >= 15 is 0 Å². The van der Waals surface area contributed by atoms with Gasteiger partial charge < -0.3 is 10.1 Å². The van der Waals surface area contributed by atoms with E-state index in [-0.39, 0.29) is 18.3 Å². The summed E-state index contributed by atoms with van der Waals surface area (Å²) in [6.07, 6.45) is 0.835. The average molecular weight is 318 g/mol. The van der Waals surface area contributed by atoms with Gasteiger partial charge in [0, 0.05) is 18.8 Å². The molecule has 0 atom stereocenters. The van der Waals surface area contributed by atoms with Gasteiger partial charge in [-0.05, 0) is 35.7 Å². The number of carbonyl (C=O) groups is 1. The lowest BCUT2D eigenvalue weighted by Crippen LogP contribution is -2.38. The van der Waals surface area contributed by atoms with Gasteiger partial charge in [0.2, 0.25) is 0 Å². The van der Waals surface area contributed by atoms with Crippen molar-refractivity contribution in [1.82, 2.24) is 5.32 Å². The van der Waals surface area contributed by atoms with E-state index in [1.807, 2.05) is 24.3 Å². The number of carbonyl (C=O) groups excluding carboxylic acids is 1. The van der Waals surface area contributed by atoms with Crippen molar-refractivity contribution < 1.29 is 18.3 Å². The Morgan fingerprint density at radius 2 is 2.04 bits per heavy atom. The van der Waals surface area contributed by atoms with Crippen LogP contribution in [0.2, 0.25) is 0 Å². The lowest BCUT2D eigenvalue weighted by atomic mass is 10.2. The van der Waals surface area contributed by atoms with Crippen molar-refractivity contribution in [1.29, 1.82) is 0 Å². The third-order valence-electron chi connectivity index (χ3n) is 3.70. The molecule has 0 radical (unpaired) electrons. The molecule has 1 N–H and O–H groups in total. The van der Waals surface area contributed by atoms with Crippen LogP contribution < -0.4 is 15.0 Å². The van der Waals surface area contributed by atoms with Gasteiger partial charge in [-0.3, -0.25) is 4.90 Å². The predicted octanol–water partition coefficient (Wildman–Crippen LogP) is 3.56. The molecule has 23 heavy (non-hydrogen) atoms. The molecule has 6 heteroatoms. The van der Waals surface area contributed by atoms with Gasteiger partial charge in [-0.25, -0.2) is 4.79 Å². The summed E-state index contributed by atoms with van der Waals surface area (Å²) in [5, 5.41) is 2.81. The van der Waals surface area contributed by atoms with Crippen LogP contribution in [-0.4, -0.2) is 19.2 Å². The van der Waals surface area contributed by atoms with Crippen molar-refractivity contribution >= 4 is 11.7 Å². The number of hydrogen-bond acceptors (Lipinski definition) is 2. The highest BCUT2D eigenvalue weighted by Crippen LogP contribution is 2.27. The van der Waals surface area contributed by atoms with E-state index < -0.39 is 6.61 Å². The normalized spacial score (nSPS) is 13.1. The summed E-state index contributed by atoms with van der Waals surface area (Å²) in [4.78, 5) is 14.0. The van der Waals surface area contributed by atoms with Crippen LogP contribution in [0.25, 0.3) is 0 Å². The van der Waals surface area contributed by atoms with Crippen molar-refractivity contribution in [3.63, 3.8) is 0 Å². The van der Waals surface area contributed by atoms with Gasteiger partial charge in [0.05, 0.1) is 0 Å². The van der Waals surface area contributed by atoms with Gasteiger partial charge in [-0.15, -0.1) is 0 Å². The number of alkyl halides is 2. The van der Waals surface area contributed by atoms with Gasteiger partial charge >= 0.3 is 12.6 Å². The first kappa shape index (κ1) is 15.3. The van der Waals surface area contributed by atoms with E-state index in [1.54, 1.807) is 17.0 Å². The van der Waals surface area contributed by atoms with E-state index in [4.69, 9.17) is 0 Å². The Bertz CT molecular complexity index is 706. The zero-order valence-corrected chi connectivity index (χ0v) is 12.3. The number of nitrogens with zero attached hydrogens (tertiary/aromatic N) is 1. The van der Waals surface area contributed by atoms with Gasteiger partial charge in [-0.1, -0.05) is 30.3 Å². The lowest BCUT2D eigenvalue weighted by Gasteiger charge is -2.18. The van der Waals surface area contributed by atoms with Crippen molar-refractivity contribution in [3.05, 3.63) is 59.7 Å². The maximum Gasteiger partial charge on any atom is 0.387 e. The molecule has 1 aliphatic heterocycles. The number of hydrogen-bond donors (Lipinski definition) is 1. The number of amides is 2. The molecule has 1 aliphatic rings. The van der Waals surface area contributed by atoms with Gasteiger partial charge in [-0.2, -0.15) is 8.78 Å². The Balaban J connectivity index is 1.62. The first-order chi connectivity index (χ1) is 11.1. The molecule has 3 rings (SSSR count). The van der Waals surface area contributed by atoms with Crippen LogP contribution in [0.15, 0.2) is 48.5 Å². The predicted molar refractivity (Wildman–Crippen MR) is 82.8 cm³/mol. The summed E-state index contributed by atoms with van der Waals surface area (Å²) >= 11 is 0. The second-order valence-corrected chi connectivity index (χ2v) is 5.21. The zero-order valence-electron chi connectivity index (χ0n) is 12.3. The van der Waals surface area contributed by atoms with E-state index in [2.05, 4.69) is 10.1 Å². The molecule has 0 aliphatic carbocycles. The minimum atomic E-state index is -2.86. The summed E-state index contributed by atoms with van der Waals surface area (Å²) in [6.45, 7) is -1.97. The van der Waals surface area contributed by atoms with Crippen LogP contribution in [0.3, 0.4) is 0 Å². The van der Waals surface area contributed by atoms with Crippen molar-refractivity contribution in [3.8, 4) is 5.75 Å². The fraction of sp³-hybridized carbons (Fsp3) is 0.235. The molecule has 0 unspecified atom stereocenters. The highest BCUT2D eigenvalue weighted by atomic mass is 19.3. The van der Waals surface area contributed by atoms with Crippen molar-refractivity contribution in [2.75, 3.05) is 11.4 Å². The third-order valence-corrected chi connectivity index (χ3v) is 3.70. The molecule has 4 nitrogen and oxygen atoms in total. The molecule has 0 spiro atoms. The molecule has 0 saturated heterocycles. The number of fused-ring (bicyclic) bond motifs is 1. The minimum absolute atomic E-state index is 0.0817. The lowest BCUT2D eigenvalue weighted by molar-refractivity contribution is -0.0498. The van der Waals surface area contributed by atoms with Crippen LogP contribution in [0, 0.1) is 0 Å². The molecule has 2 aromatic rings. The fourth-order valence-electron chi connectivity index (χ4n) is 2.65. The number of rotatable bonds is 4. The molecule has 0 bridgehead atoms. The number of urea groups is 1. The van der Waals surface area contributed by atoms with Crippen LogP contribution in [0.1, 0.15) is 11.1 Å². The van der Waals surface area contributed by atoms with E-state index in [9.17, 15) is 13.6 Å². The molecule has 0 aromatic heterocycles. The molecule has 0 saturated carbocycles. The van der Waals surface area contributed by atoms with Crippen LogP contribution in [0.4, 0.5) is 19.3 Å². The van der Waals surface area contributed by atoms with Crippen LogP contribution >= 0.6 is 0 Å². The number of anilines is 1. The van der Waals surface area contributed by atoms with E-state index in [0.29, 0.717) is 12.1 Å². The molecular weight excluding hydrogens is 302 g/mol. The first-order valence-electron chi connectivity index (χ1n) is 7.30. The molecule has 2 amide bonds. The standard InChI is InChI=1S/C17H16F2N2O2/c18-16(19)23-14-6-3-4-12(10-14)11-20-17(22)21-9-8-13-5-1-2-7-15(13)21/h1-7,10,16H,8-9,11H2,(H,20,22). The van der Waals surface area contributed by atoms with Crippen LogP contribution in [-0.2, 0) is 13.0 Å². The summed E-state index contributed by atoms with van der Waals surface area (Å²) in [5.41, 5.74) is 2.76. The molecule has 2 aromatic carbocycles. The van der Waals surface area contributed by atoms with Gasteiger partial charge in [0.1, 0.15) is 5.75 Å². The molecular formula is C17H16F2N2O2. The Morgan fingerprint density at radius 1 is 1.22 bits per heavy atom. The smallest absolute Gasteiger partial charge is 0.387 e. The summed E-state index contributed by atoms with van der Waals surface area (Å²) < 4.78 is 28.8. The Labute approximate surface area is 132 Å². The second-order valence-electron chi connectivity index (χ2n) is 5.21.